The van der Waals surface area contributed by atoms with Crippen LogP contribution in [0, 0.1) is 0 Å². The van der Waals surface area contributed by atoms with Gasteiger partial charge in [0.05, 0.1) is 26.4 Å². The maximum absolute atomic E-state index is 12.0. The smallest absolute Gasteiger partial charge is 0.323 e. The van der Waals surface area contributed by atoms with Crippen LogP contribution < -0.4 is 24.8 Å². The van der Waals surface area contributed by atoms with Gasteiger partial charge >= 0.3 is 6.03 Å². The maximum Gasteiger partial charge on any atom is 0.323 e. The van der Waals surface area contributed by atoms with E-state index in [4.69, 9.17) is 25.8 Å². The summed E-state index contributed by atoms with van der Waals surface area (Å²) < 4.78 is 15.4. The van der Waals surface area contributed by atoms with Crippen molar-refractivity contribution in [3.05, 3.63) is 41.4 Å². The van der Waals surface area contributed by atoms with Gasteiger partial charge in [-0.2, -0.15) is 0 Å². The van der Waals surface area contributed by atoms with Crippen LogP contribution in [-0.2, 0) is 0 Å². The zero-order valence-electron chi connectivity index (χ0n) is 13.0. The molecule has 2 N–H and O–H groups in total. The summed E-state index contributed by atoms with van der Waals surface area (Å²) in [6, 6.07) is 9.65. The Morgan fingerprint density at radius 3 is 1.87 bits per heavy atom. The number of carbonyl (C=O) groups is 1. The van der Waals surface area contributed by atoms with Crippen molar-refractivity contribution in [3.8, 4) is 17.2 Å². The van der Waals surface area contributed by atoms with Gasteiger partial charge in [-0.15, -0.1) is 0 Å². The van der Waals surface area contributed by atoms with Gasteiger partial charge in [0.25, 0.3) is 0 Å². The van der Waals surface area contributed by atoms with Gasteiger partial charge in [0.1, 0.15) is 5.75 Å². The lowest BCUT2D eigenvalue weighted by atomic mass is 10.2. The first kappa shape index (κ1) is 16.8. The number of hydrogen-bond acceptors (Lipinski definition) is 4. The Bertz CT molecular complexity index is 706. The Balaban J connectivity index is 2.06. The standard InChI is InChI=1S/C16H17ClN2O4/c1-21-13-6-4-10(8-12(13)17)18-16(20)19-11-5-7-14(22-2)15(9-11)23-3/h4-9H,1-3H3,(H2,18,19,20). The molecule has 0 bridgehead atoms. The molecule has 0 aliphatic rings. The highest BCUT2D eigenvalue weighted by molar-refractivity contribution is 6.32. The minimum atomic E-state index is -0.404. The van der Waals surface area contributed by atoms with Crippen LogP contribution in [0.1, 0.15) is 0 Å². The second-order valence-electron chi connectivity index (χ2n) is 4.50. The monoisotopic (exact) mass is 336 g/mol. The van der Waals surface area contributed by atoms with Crippen molar-refractivity contribution in [1.29, 1.82) is 0 Å². The van der Waals surface area contributed by atoms with E-state index >= 15 is 0 Å². The van der Waals surface area contributed by atoms with Crippen LogP contribution in [0.5, 0.6) is 17.2 Å². The number of carbonyl (C=O) groups excluding carboxylic acids is 1. The highest BCUT2D eigenvalue weighted by Gasteiger charge is 2.09. The van der Waals surface area contributed by atoms with E-state index in [1.165, 1.54) is 14.2 Å². The molecule has 23 heavy (non-hydrogen) atoms. The summed E-state index contributed by atoms with van der Waals surface area (Å²) in [6.07, 6.45) is 0. The summed E-state index contributed by atoms with van der Waals surface area (Å²) in [5.41, 5.74) is 1.12. The number of amides is 2. The predicted molar refractivity (Wildman–Crippen MR) is 90.2 cm³/mol. The van der Waals surface area contributed by atoms with E-state index in [-0.39, 0.29) is 0 Å². The van der Waals surface area contributed by atoms with E-state index in [0.717, 1.165) is 0 Å². The molecule has 2 aromatic rings. The Hall–Kier alpha value is -2.60. The van der Waals surface area contributed by atoms with Gasteiger partial charge in [0, 0.05) is 17.4 Å². The number of hydrogen-bond donors (Lipinski definition) is 2. The highest BCUT2D eigenvalue weighted by atomic mass is 35.5. The molecule has 0 aromatic heterocycles. The van der Waals surface area contributed by atoms with Crippen LogP contribution in [0.25, 0.3) is 0 Å². The first-order valence-electron chi connectivity index (χ1n) is 6.71. The first-order chi connectivity index (χ1) is 11.1. The summed E-state index contributed by atoms with van der Waals surface area (Å²) in [5.74, 6) is 1.65. The van der Waals surface area contributed by atoms with Gasteiger partial charge in [-0.3, -0.25) is 0 Å². The van der Waals surface area contributed by atoms with Gasteiger partial charge in [-0.1, -0.05) is 11.6 Å². The fraction of sp³-hybridized carbons (Fsp3) is 0.188. The number of anilines is 2. The quantitative estimate of drug-likeness (QED) is 0.865. The SMILES string of the molecule is COc1ccc(NC(=O)Nc2ccc(OC)c(OC)c2)cc1Cl. The van der Waals surface area contributed by atoms with Crippen molar-refractivity contribution >= 4 is 29.0 Å². The number of rotatable bonds is 5. The number of nitrogens with one attached hydrogen (secondary N) is 2. The third-order valence-corrected chi connectivity index (χ3v) is 3.35. The molecule has 2 aromatic carbocycles. The average Bonchev–Trinajstić information content (AvgIpc) is 2.54. The van der Waals surface area contributed by atoms with Crippen LogP contribution in [0.4, 0.5) is 16.2 Å². The largest absolute Gasteiger partial charge is 0.495 e. The lowest BCUT2D eigenvalue weighted by Gasteiger charge is -2.12. The van der Waals surface area contributed by atoms with Crippen molar-refractivity contribution in [2.24, 2.45) is 0 Å². The van der Waals surface area contributed by atoms with Crippen molar-refractivity contribution in [2.75, 3.05) is 32.0 Å². The molecule has 2 rings (SSSR count). The normalized spacial score (nSPS) is 9.91. The van der Waals surface area contributed by atoms with Crippen LogP contribution in [0.15, 0.2) is 36.4 Å². The minimum absolute atomic E-state index is 0.404. The zero-order valence-corrected chi connectivity index (χ0v) is 13.7. The van der Waals surface area contributed by atoms with Crippen molar-refractivity contribution in [2.45, 2.75) is 0 Å². The molecule has 0 radical (unpaired) electrons. The Kier molecular flexibility index (Phi) is 5.54. The molecule has 0 saturated heterocycles. The molecule has 6 nitrogen and oxygen atoms in total. The van der Waals surface area contributed by atoms with E-state index in [2.05, 4.69) is 10.6 Å². The second kappa shape index (κ2) is 7.60. The van der Waals surface area contributed by atoms with E-state index < -0.39 is 6.03 Å². The third-order valence-electron chi connectivity index (χ3n) is 3.05. The number of urea groups is 1. The predicted octanol–water partition coefficient (Wildman–Crippen LogP) is 4.01. The van der Waals surface area contributed by atoms with E-state index in [9.17, 15) is 4.79 Å². The van der Waals surface area contributed by atoms with Crippen molar-refractivity contribution < 1.29 is 19.0 Å². The second-order valence-corrected chi connectivity index (χ2v) is 4.91. The van der Waals surface area contributed by atoms with Gasteiger partial charge in [-0.25, -0.2) is 4.79 Å². The van der Waals surface area contributed by atoms with Gasteiger partial charge < -0.3 is 24.8 Å². The highest BCUT2D eigenvalue weighted by Crippen LogP contribution is 2.30. The van der Waals surface area contributed by atoms with Gasteiger partial charge in [0.2, 0.25) is 0 Å². The molecule has 0 spiro atoms. The Morgan fingerprint density at radius 2 is 1.35 bits per heavy atom. The van der Waals surface area contributed by atoms with E-state index in [1.54, 1.807) is 43.5 Å². The molecule has 2 amide bonds. The molecule has 122 valence electrons. The molecule has 7 heteroatoms. The molecular weight excluding hydrogens is 320 g/mol. The molecule has 0 heterocycles. The summed E-state index contributed by atoms with van der Waals surface area (Å²) >= 11 is 6.02. The van der Waals surface area contributed by atoms with Crippen LogP contribution in [0.3, 0.4) is 0 Å². The Labute approximate surface area is 139 Å². The summed E-state index contributed by atoms with van der Waals surface area (Å²) in [5, 5.41) is 5.80. The lowest BCUT2D eigenvalue weighted by molar-refractivity contribution is 0.262. The van der Waals surface area contributed by atoms with Crippen molar-refractivity contribution in [1.82, 2.24) is 0 Å². The number of halogens is 1. The summed E-state index contributed by atoms with van der Waals surface area (Å²) in [7, 11) is 4.60. The third kappa shape index (κ3) is 4.20. The fourth-order valence-corrected chi connectivity index (χ4v) is 2.21. The molecule has 0 atom stereocenters. The number of ether oxygens (including phenoxy) is 3. The molecular formula is C16H17ClN2O4. The van der Waals surface area contributed by atoms with Crippen LogP contribution >= 0.6 is 11.6 Å². The molecule has 0 aliphatic heterocycles. The maximum atomic E-state index is 12.0. The van der Waals surface area contributed by atoms with Crippen LogP contribution in [-0.4, -0.2) is 27.4 Å². The fourth-order valence-electron chi connectivity index (χ4n) is 1.95. The lowest BCUT2D eigenvalue weighted by Crippen LogP contribution is -2.19. The first-order valence-corrected chi connectivity index (χ1v) is 7.08. The van der Waals surface area contributed by atoms with Crippen LogP contribution in [0.2, 0.25) is 5.02 Å². The summed E-state index contributed by atoms with van der Waals surface area (Å²) in [4.78, 5) is 12.0. The number of benzene rings is 2. The molecule has 0 saturated carbocycles. The number of methoxy groups -OCH3 is 3. The molecule has 0 unspecified atom stereocenters. The summed E-state index contributed by atoms with van der Waals surface area (Å²) in [6.45, 7) is 0. The van der Waals surface area contributed by atoms with Crippen molar-refractivity contribution in [3.63, 3.8) is 0 Å². The molecule has 0 aliphatic carbocycles. The van der Waals surface area contributed by atoms with Gasteiger partial charge in [0.15, 0.2) is 11.5 Å². The minimum Gasteiger partial charge on any atom is -0.495 e. The van der Waals surface area contributed by atoms with E-state index in [1.807, 2.05) is 0 Å². The van der Waals surface area contributed by atoms with Gasteiger partial charge in [-0.05, 0) is 30.3 Å². The zero-order chi connectivity index (χ0) is 16.8. The van der Waals surface area contributed by atoms with E-state index in [0.29, 0.717) is 33.6 Å². The Morgan fingerprint density at radius 1 is 0.826 bits per heavy atom. The average molecular weight is 337 g/mol. The topological polar surface area (TPSA) is 68.8 Å². The molecule has 0 fully saturated rings.